The third-order valence-corrected chi connectivity index (χ3v) is 3.68. The Morgan fingerprint density at radius 1 is 1.12 bits per heavy atom. The molecule has 25 heavy (non-hydrogen) atoms. The van der Waals surface area contributed by atoms with Gasteiger partial charge in [0.25, 0.3) is 5.79 Å². The van der Waals surface area contributed by atoms with Crippen LogP contribution in [0.25, 0.3) is 6.08 Å². The first-order valence-electron chi connectivity index (χ1n) is 7.40. The van der Waals surface area contributed by atoms with Crippen molar-refractivity contribution >= 4 is 33.9 Å². The van der Waals surface area contributed by atoms with E-state index in [9.17, 15) is 9.59 Å². The number of halogens is 1. The lowest BCUT2D eigenvalue weighted by molar-refractivity contribution is -0.222. The number of aromatic nitrogens is 1. The molecule has 0 atom stereocenters. The zero-order valence-electron chi connectivity index (χ0n) is 13.5. The average molecular weight is 404 g/mol. The summed E-state index contributed by atoms with van der Waals surface area (Å²) in [6.07, 6.45) is 3.03. The highest BCUT2D eigenvalue weighted by molar-refractivity contribution is 9.10. The molecular weight excluding hydrogens is 390 g/mol. The Hall–Kier alpha value is -2.67. The van der Waals surface area contributed by atoms with Gasteiger partial charge in [0.15, 0.2) is 0 Å². The summed E-state index contributed by atoms with van der Waals surface area (Å²) in [7, 11) is 0. The summed E-state index contributed by atoms with van der Waals surface area (Å²) in [5.41, 5.74) is 0.427. The van der Waals surface area contributed by atoms with Crippen LogP contribution < -0.4 is 4.74 Å². The maximum atomic E-state index is 12.0. The Kier molecular flexibility index (Phi) is 4.59. The molecule has 0 aliphatic carbocycles. The highest BCUT2D eigenvalue weighted by atomic mass is 79.9. The van der Waals surface area contributed by atoms with E-state index in [1.807, 2.05) is 6.07 Å². The first-order chi connectivity index (χ1) is 11.8. The van der Waals surface area contributed by atoms with Gasteiger partial charge in [-0.05, 0) is 45.8 Å². The van der Waals surface area contributed by atoms with Crippen molar-refractivity contribution < 1.29 is 23.8 Å². The lowest BCUT2D eigenvalue weighted by atomic mass is 10.1. The normalized spacial score (nSPS) is 16.0. The van der Waals surface area contributed by atoms with Crippen LogP contribution in [-0.4, -0.2) is 22.7 Å². The number of cyclic esters (lactones) is 2. The minimum atomic E-state index is -1.26. The molecule has 1 aliphatic heterocycles. The smallest absolute Gasteiger partial charge is 0.348 e. The number of hydrogen-bond acceptors (Lipinski definition) is 6. The fourth-order valence-corrected chi connectivity index (χ4v) is 2.39. The molecule has 0 amide bonds. The van der Waals surface area contributed by atoms with Gasteiger partial charge in [-0.3, -0.25) is 0 Å². The molecule has 1 aromatic carbocycles. The molecule has 1 fully saturated rings. The number of esters is 2. The predicted molar refractivity (Wildman–Crippen MR) is 92.7 cm³/mol. The van der Waals surface area contributed by atoms with Crippen LogP contribution in [0.2, 0.25) is 0 Å². The maximum absolute atomic E-state index is 12.0. The molecule has 1 saturated heterocycles. The maximum Gasteiger partial charge on any atom is 0.348 e. The van der Waals surface area contributed by atoms with Crippen molar-refractivity contribution in [1.82, 2.24) is 4.98 Å². The van der Waals surface area contributed by atoms with Gasteiger partial charge in [0.05, 0.1) is 0 Å². The van der Waals surface area contributed by atoms with Gasteiger partial charge in [0.1, 0.15) is 11.3 Å². The summed E-state index contributed by atoms with van der Waals surface area (Å²) in [6.45, 7) is 3.00. The van der Waals surface area contributed by atoms with Crippen molar-refractivity contribution in [3.8, 4) is 11.6 Å². The number of rotatable bonds is 3. The number of nitrogens with zero attached hydrogens (tertiary/aromatic N) is 1. The number of hydrogen-bond donors (Lipinski definition) is 0. The Bertz CT molecular complexity index is 836. The summed E-state index contributed by atoms with van der Waals surface area (Å²) < 4.78 is 16.6. The molecule has 0 N–H and O–H groups in total. The second kappa shape index (κ2) is 6.68. The molecule has 0 bridgehead atoms. The van der Waals surface area contributed by atoms with E-state index >= 15 is 0 Å². The third kappa shape index (κ3) is 4.24. The standard InChI is InChI=1S/C18H14BrNO5/c1-18(2)24-16(21)14(17(22)25-18)9-11-4-3-5-13(8-11)23-15-7-6-12(19)10-20-15/h3-10H,1-2H3. The molecule has 0 radical (unpaired) electrons. The van der Waals surface area contributed by atoms with Crippen molar-refractivity contribution in [1.29, 1.82) is 0 Å². The second-order valence-corrected chi connectivity index (χ2v) is 6.64. The van der Waals surface area contributed by atoms with Crippen molar-refractivity contribution in [3.05, 3.63) is 58.2 Å². The average Bonchev–Trinajstić information content (AvgIpc) is 2.53. The molecule has 0 unspecified atom stereocenters. The van der Waals surface area contributed by atoms with E-state index < -0.39 is 17.7 Å². The zero-order valence-corrected chi connectivity index (χ0v) is 15.1. The van der Waals surface area contributed by atoms with Gasteiger partial charge in [0.2, 0.25) is 5.88 Å². The van der Waals surface area contributed by atoms with E-state index in [2.05, 4.69) is 20.9 Å². The molecule has 1 aliphatic rings. The van der Waals surface area contributed by atoms with Gasteiger partial charge in [-0.2, -0.15) is 0 Å². The van der Waals surface area contributed by atoms with E-state index in [1.165, 1.54) is 19.9 Å². The Morgan fingerprint density at radius 3 is 2.48 bits per heavy atom. The van der Waals surface area contributed by atoms with Crippen LogP contribution in [0.1, 0.15) is 19.4 Å². The molecule has 1 aromatic heterocycles. The van der Waals surface area contributed by atoms with Gasteiger partial charge < -0.3 is 14.2 Å². The summed E-state index contributed by atoms with van der Waals surface area (Å²) in [4.78, 5) is 28.1. The van der Waals surface area contributed by atoms with E-state index in [-0.39, 0.29) is 5.57 Å². The number of carbonyl (C=O) groups is 2. The van der Waals surface area contributed by atoms with Crippen LogP contribution in [0.5, 0.6) is 11.6 Å². The van der Waals surface area contributed by atoms with Gasteiger partial charge in [-0.25, -0.2) is 14.6 Å². The van der Waals surface area contributed by atoms with E-state index in [0.29, 0.717) is 17.2 Å². The molecule has 2 aromatic rings. The van der Waals surface area contributed by atoms with Gasteiger partial charge in [-0.15, -0.1) is 0 Å². The van der Waals surface area contributed by atoms with E-state index in [4.69, 9.17) is 14.2 Å². The highest BCUT2D eigenvalue weighted by Crippen LogP contribution is 2.26. The topological polar surface area (TPSA) is 74.7 Å². The van der Waals surface area contributed by atoms with Crippen LogP contribution in [0.4, 0.5) is 0 Å². The fraction of sp³-hybridized carbons (Fsp3) is 0.167. The van der Waals surface area contributed by atoms with Crippen molar-refractivity contribution in [3.63, 3.8) is 0 Å². The number of carbonyl (C=O) groups excluding carboxylic acids is 2. The summed E-state index contributed by atoms with van der Waals surface area (Å²) in [5.74, 6) is -1.76. The van der Waals surface area contributed by atoms with Crippen molar-refractivity contribution in [2.75, 3.05) is 0 Å². The predicted octanol–water partition coefficient (Wildman–Crippen LogP) is 3.86. The monoisotopic (exact) mass is 403 g/mol. The molecular formula is C18H14BrNO5. The highest BCUT2D eigenvalue weighted by Gasteiger charge is 2.38. The molecule has 128 valence electrons. The SMILES string of the molecule is CC1(C)OC(=O)C(=Cc2cccc(Oc3ccc(Br)cn3)c2)C(=O)O1. The second-order valence-electron chi connectivity index (χ2n) is 5.73. The summed E-state index contributed by atoms with van der Waals surface area (Å²) in [5, 5.41) is 0. The third-order valence-electron chi connectivity index (χ3n) is 3.21. The largest absolute Gasteiger partial charge is 0.439 e. The van der Waals surface area contributed by atoms with Crippen molar-refractivity contribution in [2.45, 2.75) is 19.6 Å². The lowest BCUT2D eigenvalue weighted by Crippen LogP contribution is -2.41. The first-order valence-corrected chi connectivity index (χ1v) is 8.19. The first kappa shape index (κ1) is 17.2. The number of ether oxygens (including phenoxy) is 3. The molecule has 0 saturated carbocycles. The quantitative estimate of drug-likeness (QED) is 0.440. The van der Waals surface area contributed by atoms with E-state index in [1.54, 1.807) is 36.5 Å². The molecule has 6 nitrogen and oxygen atoms in total. The van der Waals surface area contributed by atoms with Crippen molar-refractivity contribution in [2.24, 2.45) is 0 Å². The minimum absolute atomic E-state index is 0.168. The van der Waals surface area contributed by atoms with Gasteiger partial charge in [-0.1, -0.05) is 12.1 Å². The Balaban J connectivity index is 1.83. The molecule has 2 heterocycles. The zero-order chi connectivity index (χ0) is 18.0. The number of benzene rings is 1. The summed E-state index contributed by atoms with van der Waals surface area (Å²) in [6, 6.07) is 10.4. The molecule has 7 heteroatoms. The van der Waals surface area contributed by atoms with Gasteiger partial charge >= 0.3 is 11.9 Å². The van der Waals surface area contributed by atoms with Crippen LogP contribution in [0.15, 0.2) is 52.6 Å². The Labute approximate surface area is 152 Å². The molecule has 3 rings (SSSR count). The van der Waals surface area contributed by atoms with E-state index in [0.717, 1.165) is 4.47 Å². The van der Waals surface area contributed by atoms with Gasteiger partial charge in [0, 0.05) is 30.6 Å². The van der Waals surface area contributed by atoms with Crippen LogP contribution >= 0.6 is 15.9 Å². The van der Waals surface area contributed by atoms with Crippen LogP contribution in [0, 0.1) is 0 Å². The van der Waals surface area contributed by atoms with Crippen LogP contribution in [-0.2, 0) is 19.1 Å². The lowest BCUT2D eigenvalue weighted by Gasteiger charge is -2.29. The fourth-order valence-electron chi connectivity index (χ4n) is 2.16. The molecule has 0 spiro atoms. The summed E-state index contributed by atoms with van der Waals surface area (Å²) >= 11 is 3.30. The van der Waals surface area contributed by atoms with Crippen LogP contribution in [0.3, 0.4) is 0 Å². The minimum Gasteiger partial charge on any atom is -0.439 e. The Morgan fingerprint density at radius 2 is 1.84 bits per heavy atom. The number of pyridine rings is 1.